The maximum atomic E-state index is 12.8. The van der Waals surface area contributed by atoms with E-state index >= 15 is 0 Å². The fraction of sp³-hybridized carbons (Fsp3) is 0.529. The monoisotopic (exact) mass is 312 g/mol. The number of aryl methyl sites for hydroxylation is 2. The molecule has 1 unspecified atom stereocenters. The normalized spacial score (nSPS) is 15.5. The van der Waals surface area contributed by atoms with E-state index in [1.165, 1.54) is 6.26 Å². The number of carbonyl (C=O) groups is 1. The summed E-state index contributed by atoms with van der Waals surface area (Å²) >= 11 is 0. The molecule has 1 atom stereocenters. The maximum absolute atomic E-state index is 12.8. The van der Waals surface area contributed by atoms with E-state index in [0.717, 1.165) is 44.5 Å². The number of aromatic nitrogens is 3. The van der Waals surface area contributed by atoms with Crippen molar-refractivity contribution in [1.82, 2.24) is 14.8 Å². The molecule has 0 N–H and O–H groups in total. The zero-order chi connectivity index (χ0) is 16.2. The molecule has 2 aromatic rings. The molecule has 2 aromatic heterocycles. The largest absolute Gasteiger partial charge is 0.469 e. The van der Waals surface area contributed by atoms with Gasteiger partial charge >= 0.3 is 0 Å². The van der Waals surface area contributed by atoms with Gasteiger partial charge in [0.05, 0.1) is 17.9 Å². The van der Waals surface area contributed by atoms with Gasteiger partial charge in [0, 0.05) is 19.4 Å². The van der Waals surface area contributed by atoms with Crippen LogP contribution in [0.3, 0.4) is 0 Å². The molecule has 0 saturated heterocycles. The van der Waals surface area contributed by atoms with Crippen molar-refractivity contribution < 1.29 is 9.21 Å². The number of furan rings is 1. The Bertz CT molecular complexity index is 738. The maximum Gasteiger partial charge on any atom is 0.191 e. The average molecular weight is 312 g/mol. The summed E-state index contributed by atoms with van der Waals surface area (Å²) in [5, 5.41) is 17.9. The molecular formula is C17H20N4O2. The van der Waals surface area contributed by atoms with Crippen LogP contribution in [0.2, 0.25) is 0 Å². The lowest BCUT2D eigenvalue weighted by Crippen LogP contribution is -2.18. The second-order valence-corrected chi connectivity index (χ2v) is 5.87. The summed E-state index contributed by atoms with van der Waals surface area (Å²) in [7, 11) is 0. The first kappa shape index (κ1) is 15.5. The number of nitrogens with zero attached hydrogens (tertiary/aromatic N) is 4. The summed E-state index contributed by atoms with van der Waals surface area (Å²) in [5.74, 6) is 0.824. The van der Waals surface area contributed by atoms with Crippen molar-refractivity contribution >= 4 is 5.78 Å². The Morgan fingerprint density at radius 3 is 3.09 bits per heavy atom. The minimum Gasteiger partial charge on any atom is -0.469 e. The Morgan fingerprint density at radius 1 is 1.43 bits per heavy atom. The quantitative estimate of drug-likeness (QED) is 0.792. The molecule has 6 nitrogen and oxygen atoms in total. The summed E-state index contributed by atoms with van der Waals surface area (Å²) in [6.45, 7) is 2.80. The highest BCUT2D eigenvalue weighted by Crippen LogP contribution is 2.25. The third-order valence-corrected chi connectivity index (χ3v) is 4.28. The molecule has 0 amide bonds. The topological polar surface area (TPSA) is 84.7 Å². The first-order valence-electron chi connectivity index (χ1n) is 8.18. The Morgan fingerprint density at radius 2 is 2.30 bits per heavy atom. The van der Waals surface area contributed by atoms with Crippen molar-refractivity contribution in [3.8, 4) is 6.07 Å². The number of rotatable bonds is 5. The van der Waals surface area contributed by atoms with Gasteiger partial charge in [0.2, 0.25) is 0 Å². The minimum absolute atomic E-state index is 0.246. The van der Waals surface area contributed by atoms with E-state index in [0.29, 0.717) is 23.6 Å². The van der Waals surface area contributed by atoms with E-state index in [9.17, 15) is 10.1 Å². The Balaban J connectivity index is 1.94. The van der Waals surface area contributed by atoms with Crippen molar-refractivity contribution in [2.75, 3.05) is 0 Å². The zero-order valence-corrected chi connectivity index (χ0v) is 13.3. The van der Waals surface area contributed by atoms with Crippen LogP contribution in [0.1, 0.15) is 66.3 Å². The minimum atomic E-state index is -0.928. The molecule has 0 bridgehead atoms. The molecule has 0 radical (unpaired) electrons. The first-order valence-corrected chi connectivity index (χ1v) is 8.18. The average Bonchev–Trinajstić information content (AvgIpc) is 3.10. The number of fused-ring (bicyclic) bond motifs is 1. The van der Waals surface area contributed by atoms with Gasteiger partial charge in [0.25, 0.3) is 0 Å². The second kappa shape index (κ2) is 6.78. The number of carbonyl (C=O) groups excluding carboxylic acids is 1. The van der Waals surface area contributed by atoms with Crippen LogP contribution in [0.15, 0.2) is 16.7 Å². The van der Waals surface area contributed by atoms with Crippen LogP contribution in [0.5, 0.6) is 0 Å². The highest BCUT2D eigenvalue weighted by molar-refractivity contribution is 6.03. The molecule has 120 valence electrons. The lowest BCUT2D eigenvalue weighted by Gasteiger charge is -2.11. The number of hydrogen-bond donors (Lipinski definition) is 0. The predicted octanol–water partition coefficient (Wildman–Crippen LogP) is 3.04. The lowest BCUT2D eigenvalue weighted by atomic mass is 9.97. The van der Waals surface area contributed by atoms with Gasteiger partial charge in [0.15, 0.2) is 17.5 Å². The number of ketones is 1. The second-order valence-electron chi connectivity index (χ2n) is 5.87. The molecule has 0 aliphatic carbocycles. The molecule has 3 rings (SSSR count). The lowest BCUT2D eigenvalue weighted by molar-refractivity contribution is 0.0972. The highest BCUT2D eigenvalue weighted by atomic mass is 16.3. The molecule has 1 aliphatic heterocycles. The van der Waals surface area contributed by atoms with E-state index in [4.69, 9.17) is 4.42 Å². The van der Waals surface area contributed by atoms with Gasteiger partial charge in [-0.2, -0.15) is 5.26 Å². The summed E-state index contributed by atoms with van der Waals surface area (Å²) in [5.41, 5.74) is 0.490. The van der Waals surface area contributed by atoms with E-state index < -0.39 is 5.92 Å². The Kier molecular flexibility index (Phi) is 4.56. The van der Waals surface area contributed by atoms with Gasteiger partial charge in [-0.05, 0) is 25.3 Å². The number of hydrogen-bond acceptors (Lipinski definition) is 5. The Labute approximate surface area is 135 Å². The van der Waals surface area contributed by atoms with Gasteiger partial charge in [-0.25, -0.2) is 0 Å². The molecule has 0 saturated carbocycles. The fourth-order valence-electron chi connectivity index (χ4n) is 3.09. The van der Waals surface area contributed by atoms with Crippen molar-refractivity contribution in [1.29, 1.82) is 5.26 Å². The molecule has 23 heavy (non-hydrogen) atoms. The van der Waals surface area contributed by atoms with Crippen molar-refractivity contribution in [2.45, 2.75) is 57.9 Å². The van der Waals surface area contributed by atoms with Crippen LogP contribution in [-0.2, 0) is 19.4 Å². The molecule has 0 spiro atoms. The summed E-state index contributed by atoms with van der Waals surface area (Å²) in [6.07, 6.45) is 7.16. The van der Waals surface area contributed by atoms with Crippen LogP contribution in [0, 0.1) is 11.3 Å². The molecule has 1 aliphatic rings. The van der Waals surface area contributed by atoms with Crippen molar-refractivity contribution in [3.05, 3.63) is 35.3 Å². The summed E-state index contributed by atoms with van der Waals surface area (Å²) in [4.78, 5) is 12.8. The van der Waals surface area contributed by atoms with Crippen molar-refractivity contribution in [2.24, 2.45) is 0 Å². The van der Waals surface area contributed by atoms with Gasteiger partial charge in [-0.15, -0.1) is 10.2 Å². The molecular weight excluding hydrogens is 292 g/mol. The first-order chi connectivity index (χ1) is 11.3. The SMILES string of the molecule is CCCc1occc1C(=O)C(C#N)c1nnc2n1CCCCC2. The zero-order valence-electron chi connectivity index (χ0n) is 13.3. The molecule has 0 aromatic carbocycles. The van der Waals surface area contributed by atoms with Crippen LogP contribution in [0.4, 0.5) is 0 Å². The smallest absolute Gasteiger partial charge is 0.191 e. The Hall–Kier alpha value is -2.42. The highest BCUT2D eigenvalue weighted by Gasteiger charge is 2.31. The third kappa shape index (κ3) is 2.91. The molecule has 0 fully saturated rings. The third-order valence-electron chi connectivity index (χ3n) is 4.28. The van der Waals surface area contributed by atoms with E-state index in [2.05, 4.69) is 16.3 Å². The van der Waals surface area contributed by atoms with E-state index in [1.807, 2.05) is 11.5 Å². The summed E-state index contributed by atoms with van der Waals surface area (Å²) in [6, 6.07) is 3.77. The van der Waals surface area contributed by atoms with Gasteiger partial charge < -0.3 is 8.98 Å². The van der Waals surface area contributed by atoms with Crippen LogP contribution in [0.25, 0.3) is 0 Å². The number of Topliss-reactive ketones (excluding diaryl/α,β-unsaturated/α-hetero) is 1. The molecule has 6 heteroatoms. The van der Waals surface area contributed by atoms with Crippen molar-refractivity contribution in [3.63, 3.8) is 0 Å². The van der Waals surface area contributed by atoms with Crippen LogP contribution >= 0.6 is 0 Å². The van der Waals surface area contributed by atoms with E-state index in [-0.39, 0.29) is 5.78 Å². The van der Waals surface area contributed by atoms with Gasteiger partial charge in [0.1, 0.15) is 11.6 Å². The van der Waals surface area contributed by atoms with Crippen LogP contribution in [-0.4, -0.2) is 20.5 Å². The predicted molar refractivity (Wildman–Crippen MR) is 83.0 cm³/mol. The van der Waals surface area contributed by atoms with E-state index in [1.54, 1.807) is 6.07 Å². The van der Waals surface area contributed by atoms with Crippen LogP contribution < -0.4 is 0 Å². The summed E-state index contributed by atoms with van der Waals surface area (Å²) < 4.78 is 7.35. The molecule has 3 heterocycles. The van der Waals surface area contributed by atoms with Gasteiger partial charge in [-0.3, -0.25) is 4.79 Å². The number of nitriles is 1. The van der Waals surface area contributed by atoms with Gasteiger partial charge in [-0.1, -0.05) is 13.3 Å². The fourth-order valence-corrected chi connectivity index (χ4v) is 3.09. The standard InChI is InChI=1S/C17H20N4O2/c1-2-6-14-12(8-10-23-14)16(22)13(11-18)17-20-19-15-7-4-3-5-9-21(15)17/h8,10,13H,2-7,9H2,1H3.